The first-order chi connectivity index (χ1) is 8.47. The molecule has 2 N–H and O–H groups in total. The van der Waals surface area contributed by atoms with Gasteiger partial charge in [-0.1, -0.05) is 19.1 Å². The van der Waals surface area contributed by atoms with E-state index in [1.54, 1.807) is 12.1 Å². The molecule has 18 heavy (non-hydrogen) atoms. The third-order valence-electron chi connectivity index (χ3n) is 3.59. The minimum atomic E-state index is -0.189. The molecule has 98 valence electrons. The molecule has 4 heteroatoms. The third kappa shape index (κ3) is 3.27. The molecule has 1 aromatic rings. The molecule has 2 nitrogen and oxygen atoms in total. The van der Waals surface area contributed by atoms with Crippen molar-refractivity contribution in [1.29, 1.82) is 0 Å². The summed E-state index contributed by atoms with van der Waals surface area (Å²) in [4.78, 5) is 2.48. The first kappa shape index (κ1) is 13.4. The van der Waals surface area contributed by atoms with E-state index in [2.05, 4.69) is 11.8 Å². The zero-order chi connectivity index (χ0) is 13.3. The Balaban J connectivity index is 2.02. The fourth-order valence-electron chi connectivity index (χ4n) is 2.26. The first-order valence-electron chi connectivity index (χ1n) is 6.24. The van der Waals surface area contributed by atoms with Gasteiger partial charge < -0.3 is 10.6 Å². The lowest BCUT2D eigenvalue weighted by Gasteiger charge is -2.17. The lowest BCUT2D eigenvalue weighted by atomic mass is 10.1. The summed E-state index contributed by atoms with van der Waals surface area (Å²) >= 11 is 4.92. The average molecular weight is 266 g/mol. The lowest BCUT2D eigenvalue weighted by Crippen LogP contribution is -2.22. The first-order valence-corrected chi connectivity index (χ1v) is 6.65. The number of thiocarbonyl (C=S) groups is 1. The summed E-state index contributed by atoms with van der Waals surface area (Å²) in [5.74, 6) is 1.41. The van der Waals surface area contributed by atoms with Crippen molar-refractivity contribution in [3.05, 3.63) is 35.1 Å². The summed E-state index contributed by atoms with van der Waals surface area (Å²) in [6.07, 6.45) is 1.29. The van der Waals surface area contributed by atoms with Gasteiger partial charge in [-0.2, -0.15) is 0 Å². The van der Waals surface area contributed by atoms with E-state index in [4.69, 9.17) is 18.0 Å². The molecule has 0 spiro atoms. The number of rotatable bonds is 5. The van der Waals surface area contributed by atoms with Crippen LogP contribution in [-0.4, -0.2) is 23.5 Å². The van der Waals surface area contributed by atoms with Crippen LogP contribution >= 0.6 is 12.2 Å². The van der Waals surface area contributed by atoms with E-state index < -0.39 is 0 Å². The number of nitrogens with zero attached hydrogens (tertiary/aromatic N) is 1. The molecule has 1 aromatic carbocycles. The molecular formula is C14H19FN2S. The zero-order valence-electron chi connectivity index (χ0n) is 10.8. The van der Waals surface area contributed by atoms with E-state index in [0.29, 0.717) is 17.1 Å². The summed E-state index contributed by atoms with van der Waals surface area (Å²) in [5.41, 5.74) is 6.96. The van der Waals surface area contributed by atoms with Crippen molar-refractivity contribution in [3.8, 4) is 0 Å². The highest BCUT2D eigenvalue weighted by atomic mass is 32.1. The minimum Gasteiger partial charge on any atom is -0.389 e. The summed E-state index contributed by atoms with van der Waals surface area (Å²) in [6.45, 7) is 3.88. The van der Waals surface area contributed by atoms with Crippen LogP contribution in [0.25, 0.3) is 0 Å². The summed E-state index contributed by atoms with van der Waals surface area (Å²) in [6, 6.07) is 4.83. The van der Waals surface area contributed by atoms with Crippen molar-refractivity contribution < 1.29 is 4.39 Å². The maximum absolute atomic E-state index is 13.7. The molecule has 1 aliphatic rings. The van der Waals surface area contributed by atoms with Gasteiger partial charge in [0, 0.05) is 24.2 Å². The lowest BCUT2D eigenvalue weighted by molar-refractivity contribution is 0.303. The van der Waals surface area contributed by atoms with Crippen LogP contribution < -0.4 is 5.73 Å². The van der Waals surface area contributed by atoms with Crippen molar-refractivity contribution in [3.63, 3.8) is 0 Å². The molecule has 0 aliphatic heterocycles. The number of hydrogen-bond donors (Lipinski definition) is 1. The van der Waals surface area contributed by atoms with E-state index in [0.717, 1.165) is 23.9 Å². The summed E-state index contributed by atoms with van der Waals surface area (Å²) in [7, 11) is 2.03. The van der Waals surface area contributed by atoms with Gasteiger partial charge in [-0.05, 0) is 43.5 Å². The fourth-order valence-corrected chi connectivity index (χ4v) is 2.39. The SMILES string of the molecule is CC1CC1CN(C)Cc1cc(C(N)=S)ccc1F. The molecule has 0 bridgehead atoms. The smallest absolute Gasteiger partial charge is 0.127 e. The normalized spacial score (nSPS) is 22.2. The summed E-state index contributed by atoms with van der Waals surface area (Å²) < 4.78 is 13.7. The minimum absolute atomic E-state index is 0.189. The van der Waals surface area contributed by atoms with E-state index in [9.17, 15) is 4.39 Å². The standard InChI is InChI=1S/C14H19FN2S/c1-9-5-11(9)7-17(2)8-12-6-10(14(16)18)3-4-13(12)15/h3-4,6,9,11H,5,7-8H2,1-2H3,(H2,16,18). The Morgan fingerprint density at radius 2 is 2.22 bits per heavy atom. The number of halogens is 1. The zero-order valence-corrected chi connectivity index (χ0v) is 11.6. The van der Waals surface area contributed by atoms with Crippen LogP contribution in [0.1, 0.15) is 24.5 Å². The molecule has 1 aliphatic carbocycles. The average Bonchev–Trinajstić information content (AvgIpc) is 2.97. The molecule has 1 fully saturated rings. The number of hydrogen-bond acceptors (Lipinski definition) is 2. The van der Waals surface area contributed by atoms with E-state index in [-0.39, 0.29) is 5.82 Å². The van der Waals surface area contributed by atoms with Crippen molar-refractivity contribution in [2.24, 2.45) is 17.6 Å². The predicted octanol–water partition coefficient (Wildman–Crippen LogP) is 2.55. The van der Waals surface area contributed by atoms with E-state index in [1.165, 1.54) is 12.5 Å². The topological polar surface area (TPSA) is 29.3 Å². The van der Waals surface area contributed by atoms with Crippen LogP contribution in [0.3, 0.4) is 0 Å². The van der Waals surface area contributed by atoms with Crippen LogP contribution in [0.4, 0.5) is 4.39 Å². The maximum Gasteiger partial charge on any atom is 0.127 e. The molecular weight excluding hydrogens is 247 g/mol. The molecule has 2 unspecified atom stereocenters. The molecule has 2 atom stereocenters. The van der Waals surface area contributed by atoms with E-state index in [1.807, 2.05) is 7.05 Å². The van der Waals surface area contributed by atoms with Gasteiger partial charge in [0.05, 0.1) is 0 Å². The van der Waals surface area contributed by atoms with Crippen molar-refractivity contribution >= 4 is 17.2 Å². The Kier molecular flexibility index (Phi) is 3.97. The second-order valence-electron chi connectivity index (χ2n) is 5.34. The summed E-state index contributed by atoms with van der Waals surface area (Å²) in [5, 5.41) is 0. The monoisotopic (exact) mass is 266 g/mol. The molecule has 0 heterocycles. The highest BCUT2D eigenvalue weighted by Crippen LogP contribution is 2.38. The van der Waals surface area contributed by atoms with Crippen LogP contribution in [-0.2, 0) is 6.54 Å². The van der Waals surface area contributed by atoms with Gasteiger partial charge in [-0.3, -0.25) is 0 Å². The van der Waals surface area contributed by atoms with Gasteiger partial charge in [0.25, 0.3) is 0 Å². The predicted molar refractivity (Wildman–Crippen MR) is 75.9 cm³/mol. The third-order valence-corrected chi connectivity index (χ3v) is 3.83. The molecule has 1 saturated carbocycles. The van der Waals surface area contributed by atoms with Crippen molar-refractivity contribution in [2.45, 2.75) is 19.9 Å². The Labute approximate surface area is 113 Å². The Hall–Kier alpha value is -1.00. The Morgan fingerprint density at radius 3 is 2.78 bits per heavy atom. The second-order valence-corrected chi connectivity index (χ2v) is 5.78. The van der Waals surface area contributed by atoms with Crippen LogP contribution in [0.15, 0.2) is 18.2 Å². The second kappa shape index (κ2) is 5.33. The molecule has 0 amide bonds. The highest BCUT2D eigenvalue weighted by Gasteiger charge is 2.33. The molecule has 2 rings (SSSR count). The van der Waals surface area contributed by atoms with Gasteiger partial charge in [-0.25, -0.2) is 4.39 Å². The van der Waals surface area contributed by atoms with Gasteiger partial charge >= 0.3 is 0 Å². The molecule has 0 aromatic heterocycles. The van der Waals surface area contributed by atoms with Gasteiger partial charge in [-0.15, -0.1) is 0 Å². The highest BCUT2D eigenvalue weighted by molar-refractivity contribution is 7.80. The number of benzene rings is 1. The Morgan fingerprint density at radius 1 is 1.56 bits per heavy atom. The van der Waals surface area contributed by atoms with Gasteiger partial charge in [0.2, 0.25) is 0 Å². The van der Waals surface area contributed by atoms with Crippen LogP contribution in [0, 0.1) is 17.7 Å². The van der Waals surface area contributed by atoms with Gasteiger partial charge in [0.1, 0.15) is 10.8 Å². The van der Waals surface area contributed by atoms with Gasteiger partial charge in [0.15, 0.2) is 0 Å². The maximum atomic E-state index is 13.7. The van der Waals surface area contributed by atoms with Crippen molar-refractivity contribution in [1.82, 2.24) is 4.90 Å². The molecule has 0 saturated heterocycles. The quantitative estimate of drug-likeness (QED) is 0.831. The van der Waals surface area contributed by atoms with E-state index >= 15 is 0 Å². The fraction of sp³-hybridized carbons (Fsp3) is 0.500. The molecule has 0 radical (unpaired) electrons. The number of nitrogens with two attached hydrogens (primary N) is 1. The Bertz CT molecular complexity index is 461. The largest absolute Gasteiger partial charge is 0.389 e. The van der Waals surface area contributed by atoms with Crippen LogP contribution in [0.2, 0.25) is 0 Å². The van der Waals surface area contributed by atoms with Crippen LogP contribution in [0.5, 0.6) is 0 Å². The van der Waals surface area contributed by atoms with Crippen molar-refractivity contribution in [2.75, 3.05) is 13.6 Å².